The van der Waals surface area contributed by atoms with Crippen molar-refractivity contribution in [3.05, 3.63) is 35.4 Å². The van der Waals surface area contributed by atoms with Crippen LogP contribution >= 0.6 is 0 Å². The molecule has 0 radical (unpaired) electrons. The lowest BCUT2D eigenvalue weighted by atomic mass is 10.0. The van der Waals surface area contributed by atoms with Crippen LogP contribution in [0.3, 0.4) is 0 Å². The van der Waals surface area contributed by atoms with Gasteiger partial charge in [0.1, 0.15) is 0 Å². The van der Waals surface area contributed by atoms with Crippen LogP contribution in [0.5, 0.6) is 0 Å². The molecule has 0 spiro atoms. The van der Waals surface area contributed by atoms with E-state index < -0.39 is 17.4 Å². The molecule has 3 unspecified atom stereocenters. The van der Waals surface area contributed by atoms with E-state index in [1.54, 1.807) is 26.0 Å². The van der Waals surface area contributed by atoms with Gasteiger partial charge in [-0.05, 0) is 25.0 Å². The molecule has 84 valence electrons. The average Bonchev–Trinajstić information content (AvgIpc) is 2.17. The number of hydrogen-bond donors (Lipinski definition) is 3. The Bertz CT molecular complexity index is 337. The van der Waals surface area contributed by atoms with Crippen LogP contribution in [0.4, 0.5) is 0 Å². The summed E-state index contributed by atoms with van der Waals surface area (Å²) in [6.07, 6.45) is -0.491. The van der Waals surface area contributed by atoms with Crippen LogP contribution in [0.25, 0.3) is 0 Å². The van der Waals surface area contributed by atoms with Crippen molar-refractivity contribution in [3.8, 4) is 0 Å². The second-order valence-corrected chi connectivity index (χ2v) is 4.17. The maximum absolute atomic E-state index is 10.5. The summed E-state index contributed by atoms with van der Waals surface area (Å²) in [5.74, 6) is 0. The topological polar surface area (TPSA) is 69.6 Å². The molecule has 0 aliphatic carbocycles. The second kappa shape index (κ2) is 5.37. The highest BCUT2D eigenvalue weighted by atomic mass is 32.2. The van der Waals surface area contributed by atoms with Gasteiger partial charge in [0.05, 0.1) is 6.10 Å². The van der Waals surface area contributed by atoms with Crippen LogP contribution in [0.15, 0.2) is 24.3 Å². The molecule has 0 heterocycles. The summed E-state index contributed by atoms with van der Waals surface area (Å²) in [6.45, 7) is 3.49. The summed E-state index contributed by atoms with van der Waals surface area (Å²) in [5, 5.41) is 9.29. The van der Waals surface area contributed by atoms with Crippen molar-refractivity contribution in [1.82, 2.24) is 4.72 Å². The molecule has 3 atom stereocenters. The Morgan fingerprint density at radius 3 is 2.07 bits per heavy atom. The molecule has 15 heavy (non-hydrogen) atoms. The van der Waals surface area contributed by atoms with Crippen molar-refractivity contribution in [2.45, 2.75) is 26.0 Å². The summed E-state index contributed by atoms with van der Waals surface area (Å²) in [4.78, 5) is 0. The summed E-state index contributed by atoms with van der Waals surface area (Å²) >= 11 is -2.01. The second-order valence-electron chi connectivity index (χ2n) is 3.43. The molecule has 0 aliphatic heterocycles. The van der Waals surface area contributed by atoms with Crippen molar-refractivity contribution in [3.63, 3.8) is 0 Å². The molecule has 0 aromatic heterocycles. The highest BCUT2D eigenvalue weighted by Crippen LogP contribution is 2.17. The molecule has 0 saturated heterocycles. The van der Waals surface area contributed by atoms with Gasteiger partial charge in [0, 0.05) is 6.04 Å². The zero-order chi connectivity index (χ0) is 11.4. The predicted molar refractivity (Wildman–Crippen MR) is 59.4 cm³/mol. The van der Waals surface area contributed by atoms with Gasteiger partial charge in [0.2, 0.25) is 11.3 Å². The zero-order valence-corrected chi connectivity index (χ0v) is 9.49. The van der Waals surface area contributed by atoms with Gasteiger partial charge in [-0.3, -0.25) is 4.55 Å². The first-order valence-corrected chi connectivity index (χ1v) is 5.76. The van der Waals surface area contributed by atoms with Crippen LogP contribution in [-0.4, -0.2) is 13.9 Å². The maximum Gasteiger partial charge on any atom is 0.232 e. The van der Waals surface area contributed by atoms with Crippen molar-refractivity contribution in [1.29, 1.82) is 0 Å². The van der Waals surface area contributed by atoms with Gasteiger partial charge < -0.3 is 5.11 Å². The molecular formula is C10H15NO3S. The SMILES string of the molecule is CC(O)c1ccc(C(C)NS(=O)O)cc1. The Balaban J connectivity index is 2.75. The molecule has 1 aromatic carbocycles. The van der Waals surface area contributed by atoms with Gasteiger partial charge in [-0.1, -0.05) is 24.3 Å². The van der Waals surface area contributed by atoms with E-state index in [4.69, 9.17) is 4.55 Å². The Hall–Kier alpha value is -0.750. The highest BCUT2D eigenvalue weighted by molar-refractivity contribution is 7.77. The van der Waals surface area contributed by atoms with Crippen molar-refractivity contribution >= 4 is 11.3 Å². The monoisotopic (exact) mass is 229 g/mol. The van der Waals surface area contributed by atoms with Crippen molar-refractivity contribution in [2.75, 3.05) is 0 Å². The molecule has 0 bridgehead atoms. The van der Waals surface area contributed by atoms with Crippen LogP contribution in [-0.2, 0) is 11.3 Å². The minimum absolute atomic E-state index is 0.195. The maximum atomic E-state index is 10.5. The lowest BCUT2D eigenvalue weighted by Gasteiger charge is -2.12. The first-order chi connectivity index (χ1) is 7.00. The highest BCUT2D eigenvalue weighted by Gasteiger charge is 2.07. The van der Waals surface area contributed by atoms with E-state index in [-0.39, 0.29) is 6.04 Å². The largest absolute Gasteiger partial charge is 0.389 e. The molecule has 0 fully saturated rings. The molecule has 1 rings (SSSR count). The molecule has 4 nitrogen and oxygen atoms in total. The minimum Gasteiger partial charge on any atom is -0.389 e. The lowest BCUT2D eigenvalue weighted by Crippen LogP contribution is -2.20. The Morgan fingerprint density at radius 1 is 1.20 bits per heavy atom. The summed E-state index contributed by atoms with van der Waals surface area (Å²) in [7, 11) is 0. The van der Waals surface area contributed by atoms with E-state index >= 15 is 0 Å². The van der Waals surface area contributed by atoms with E-state index in [9.17, 15) is 9.32 Å². The molecule has 0 aliphatic rings. The van der Waals surface area contributed by atoms with E-state index in [1.165, 1.54) is 0 Å². The molecule has 3 N–H and O–H groups in total. The van der Waals surface area contributed by atoms with Gasteiger partial charge in [-0.15, -0.1) is 0 Å². The third-order valence-electron chi connectivity index (χ3n) is 2.20. The van der Waals surface area contributed by atoms with Crippen LogP contribution in [0, 0.1) is 0 Å². The summed E-state index contributed by atoms with van der Waals surface area (Å²) in [6, 6.07) is 7.06. The zero-order valence-electron chi connectivity index (χ0n) is 8.68. The first-order valence-electron chi connectivity index (χ1n) is 4.65. The van der Waals surface area contributed by atoms with E-state index in [1.807, 2.05) is 12.1 Å². The van der Waals surface area contributed by atoms with E-state index in [0.29, 0.717) is 0 Å². The quantitative estimate of drug-likeness (QED) is 0.686. The minimum atomic E-state index is -2.01. The van der Waals surface area contributed by atoms with Crippen LogP contribution in [0.1, 0.15) is 37.1 Å². The fraction of sp³-hybridized carbons (Fsp3) is 0.400. The molecule has 5 heteroatoms. The molecule has 1 aromatic rings. The Kier molecular flexibility index (Phi) is 4.41. The fourth-order valence-corrected chi connectivity index (χ4v) is 1.72. The number of benzene rings is 1. The normalized spacial score (nSPS) is 17.1. The summed E-state index contributed by atoms with van der Waals surface area (Å²) in [5.41, 5.74) is 1.73. The van der Waals surface area contributed by atoms with Gasteiger partial charge in [0.15, 0.2) is 0 Å². The number of hydrogen-bond acceptors (Lipinski definition) is 2. The third kappa shape index (κ3) is 3.71. The number of nitrogens with one attached hydrogen (secondary N) is 1. The standard InChI is InChI=1S/C10H15NO3S/c1-7(11-15(13)14)9-3-5-10(6-4-9)8(2)12/h3-8,11-12H,1-2H3,(H,13,14). The van der Waals surface area contributed by atoms with Crippen LogP contribution < -0.4 is 4.72 Å². The van der Waals surface area contributed by atoms with E-state index in [0.717, 1.165) is 11.1 Å². The van der Waals surface area contributed by atoms with Gasteiger partial charge >= 0.3 is 0 Å². The van der Waals surface area contributed by atoms with Gasteiger partial charge in [-0.2, -0.15) is 0 Å². The van der Waals surface area contributed by atoms with Crippen molar-refractivity contribution < 1.29 is 13.9 Å². The molecule has 0 amide bonds. The molecular weight excluding hydrogens is 214 g/mol. The predicted octanol–water partition coefficient (Wildman–Crippen LogP) is 1.53. The third-order valence-corrected chi connectivity index (χ3v) is 2.75. The van der Waals surface area contributed by atoms with Crippen molar-refractivity contribution in [2.24, 2.45) is 0 Å². The smallest absolute Gasteiger partial charge is 0.232 e. The Labute approximate surface area is 91.7 Å². The Morgan fingerprint density at radius 2 is 1.67 bits per heavy atom. The number of aliphatic hydroxyl groups is 1. The van der Waals surface area contributed by atoms with Crippen LogP contribution in [0.2, 0.25) is 0 Å². The lowest BCUT2D eigenvalue weighted by molar-refractivity contribution is 0.199. The molecule has 0 saturated carbocycles. The number of rotatable bonds is 4. The summed E-state index contributed by atoms with van der Waals surface area (Å²) < 4.78 is 21.6. The number of aliphatic hydroxyl groups excluding tert-OH is 1. The first kappa shape index (κ1) is 12.3. The van der Waals surface area contributed by atoms with Gasteiger partial charge in [-0.25, -0.2) is 8.93 Å². The van der Waals surface area contributed by atoms with E-state index in [2.05, 4.69) is 4.72 Å². The average molecular weight is 229 g/mol. The fourth-order valence-electron chi connectivity index (χ4n) is 1.28. The van der Waals surface area contributed by atoms with Gasteiger partial charge in [0.25, 0.3) is 0 Å².